The van der Waals surface area contributed by atoms with Crippen LogP contribution in [0.4, 0.5) is 45.2 Å². The second-order valence-electron chi connectivity index (χ2n) is 9.23. The van der Waals surface area contributed by atoms with Gasteiger partial charge in [-0.1, -0.05) is 0 Å². The number of anilines is 1. The quantitative estimate of drug-likeness (QED) is 0.313. The molecule has 2 unspecified atom stereocenters. The largest absolute Gasteiger partial charge is 0.442 e. The predicted octanol–water partition coefficient (Wildman–Crippen LogP) is 7.08. The molecule has 1 aliphatic heterocycles. The predicted molar refractivity (Wildman–Crippen MR) is 115 cm³/mol. The number of rotatable bonds is 6. The summed E-state index contributed by atoms with van der Waals surface area (Å²) in [5.41, 5.74) is -5.18. The van der Waals surface area contributed by atoms with Gasteiger partial charge in [0.25, 0.3) is 6.47 Å². The molecule has 0 saturated carbocycles. The molecular formula is C24H23F9N2O2. The van der Waals surface area contributed by atoms with Crippen LogP contribution in [0.15, 0.2) is 36.4 Å². The first kappa shape index (κ1) is 28.6. The van der Waals surface area contributed by atoms with Gasteiger partial charge in [0.1, 0.15) is 0 Å². The lowest BCUT2D eigenvalue weighted by molar-refractivity contribution is -0.143. The topological polar surface area (TPSA) is 41.6 Å². The molecule has 0 aromatic heterocycles. The first-order valence-electron chi connectivity index (χ1n) is 11.0. The van der Waals surface area contributed by atoms with Crippen molar-refractivity contribution in [2.45, 2.75) is 70.1 Å². The molecule has 0 aliphatic carbocycles. The molecule has 3 rings (SSSR count). The van der Waals surface area contributed by atoms with E-state index in [0.717, 1.165) is 12.1 Å². The van der Waals surface area contributed by atoms with Crippen LogP contribution >= 0.6 is 0 Å². The lowest BCUT2D eigenvalue weighted by Gasteiger charge is -2.48. The van der Waals surface area contributed by atoms with Gasteiger partial charge in [-0.3, -0.25) is 4.79 Å². The van der Waals surface area contributed by atoms with E-state index in [9.17, 15) is 44.3 Å². The first-order valence-corrected chi connectivity index (χ1v) is 11.0. The molecule has 0 bridgehead atoms. The molecule has 2 aromatic carbocycles. The van der Waals surface area contributed by atoms with Gasteiger partial charge in [0.2, 0.25) is 0 Å². The zero-order valence-electron chi connectivity index (χ0n) is 19.8. The van der Waals surface area contributed by atoms with Crippen LogP contribution in [0.5, 0.6) is 0 Å². The summed E-state index contributed by atoms with van der Waals surface area (Å²) >= 11 is 0. The molecular weight excluding hydrogens is 519 g/mol. The number of ether oxygens (including phenoxy) is 1. The van der Waals surface area contributed by atoms with Gasteiger partial charge >= 0.3 is 18.5 Å². The Morgan fingerprint density at radius 2 is 1.43 bits per heavy atom. The highest BCUT2D eigenvalue weighted by Gasteiger charge is 2.42. The maximum atomic E-state index is 13.5. The molecule has 204 valence electrons. The summed E-state index contributed by atoms with van der Waals surface area (Å²) in [7, 11) is 0. The smallest absolute Gasteiger partial charge is 0.416 e. The molecule has 2 aromatic rings. The van der Waals surface area contributed by atoms with Gasteiger partial charge in [-0.2, -0.15) is 39.5 Å². The van der Waals surface area contributed by atoms with Gasteiger partial charge < -0.3 is 15.0 Å². The Balaban J connectivity index is 2.03. The summed E-state index contributed by atoms with van der Waals surface area (Å²) in [6.45, 7) is 4.50. The molecule has 2 atom stereocenters. The van der Waals surface area contributed by atoms with Crippen molar-refractivity contribution < 1.29 is 49.0 Å². The molecule has 1 heterocycles. The van der Waals surface area contributed by atoms with Crippen LogP contribution < -0.4 is 10.2 Å². The molecule has 0 radical (unpaired) electrons. The lowest BCUT2D eigenvalue weighted by Crippen LogP contribution is -2.54. The van der Waals surface area contributed by atoms with Gasteiger partial charge in [-0.05, 0) is 74.7 Å². The molecule has 1 N–H and O–H groups in total. The van der Waals surface area contributed by atoms with Crippen LogP contribution in [0.3, 0.4) is 0 Å². The molecule has 1 aliphatic rings. The average Bonchev–Trinajstić information content (AvgIpc) is 2.74. The third kappa shape index (κ3) is 6.31. The van der Waals surface area contributed by atoms with Gasteiger partial charge in [0.15, 0.2) is 5.72 Å². The van der Waals surface area contributed by atoms with E-state index >= 15 is 0 Å². The Kier molecular flexibility index (Phi) is 7.52. The van der Waals surface area contributed by atoms with Crippen molar-refractivity contribution in [3.63, 3.8) is 0 Å². The van der Waals surface area contributed by atoms with E-state index in [1.807, 2.05) is 0 Å². The Hall–Kier alpha value is -2.96. The number of hydrogen-bond acceptors (Lipinski definition) is 4. The number of hydrogen-bond donors (Lipinski definition) is 1. The number of nitrogens with zero attached hydrogens (tertiary/aromatic N) is 1. The fraction of sp³-hybridized carbons (Fsp3) is 0.458. The van der Waals surface area contributed by atoms with Crippen LogP contribution in [0.25, 0.3) is 0 Å². The molecule has 0 spiro atoms. The first-order chi connectivity index (χ1) is 16.8. The number of fused-ring (bicyclic) bond motifs is 1. The molecule has 0 saturated heterocycles. The fourth-order valence-electron chi connectivity index (χ4n) is 4.59. The van der Waals surface area contributed by atoms with Gasteiger partial charge in [-0.25, -0.2) is 0 Å². The van der Waals surface area contributed by atoms with Crippen LogP contribution in [-0.4, -0.2) is 18.2 Å². The van der Waals surface area contributed by atoms with Gasteiger partial charge in [0, 0.05) is 24.3 Å². The monoisotopic (exact) mass is 542 g/mol. The third-order valence-corrected chi connectivity index (χ3v) is 6.12. The zero-order chi connectivity index (χ0) is 28.0. The number of carbonyl (C=O) groups excluding carboxylic acids is 1. The minimum atomic E-state index is -5.03. The third-order valence-electron chi connectivity index (χ3n) is 6.12. The van der Waals surface area contributed by atoms with E-state index in [1.165, 1.54) is 19.9 Å². The number of halogens is 9. The highest BCUT2D eigenvalue weighted by molar-refractivity contribution is 5.61. The Labute approximate surface area is 206 Å². The second-order valence-corrected chi connectivity index (χ2v) is 9.23. The SMILES string of the molecule is CC1CC(NCc2cc(C(F)(F)F)cc(C(F)(F)F)c2)c2cc(C(F)(F)F)ccc2N1C(C)(C)OC=O. The maximum absolute atomic E-state index is 13.5. The minimum absolute atomic E-state index is 0.00405. The summed E-state index contributed by atoms with van der Waals surface area (Å²) in [5.74, 6) is 0. The van der Waals surface area contributed by atoms with Crippen molar-refractivity contribution in [3.05, 3.63) is 64.2 Å². The van der Waals surface area contributed by atoms with E-state index < -0.39 is 59.6 Å². The van der Waals surface area contributed by atoms with Gasteiger partial charge in [0.05, 0.1) is 16.7 Å². The number of benzene rings is 2. The molecule has 13 heteroatoms. The summed E-state index contributed by atoms with van der Waals surface area (Å²) in [6, 6.07) is 2.75. The Morgan fingerprint density at radius 3 is 1.92 bits per heavy atom. The summed E-state index contributed by atoms with van der Waals surface area (Å²) in [6.07, 6.45) is -14.7. The van der Waals surface area contributed by atoms with Crippen molar-refractivity contribution in [2.24, 2.45) is 0 Å². The molecule has 37 heavy (non-hydrogen) atoms. The summed E-state index contributed by atoms with van der Waals surface area (Å²) < 4.78 is 125. The van der Waals surface area contributed by atoms with Crippen molar-refractivity contribution >= 4 is 12.2 Å². The van der Waals surface area contributed by atoms with E-state index in [2.05, 4.69) is 5.32 Å². The molecule has 0 amide bonds. The van der Waals surface area contributed by atoms with E-state index in [4.69, 9.17) is 4.74 Å². The van der Waals surface area contributed by atoms with Crippen LogP contribution in [0.2, 0.25) is 0 Å². The van der Waals surface area contributed by atoms with Gasteiger partial charge in [-0.15, -0.1) is 0 Å². The summed E-state index contributed by atoms with van der Waals surface area (Å²) in [5, 5.41) is 2.83. The summed E-state index contributed by atoms with van der Waals surface area (Å²) in [4.78, 5) is 12.6. The Morgan fingerprint density at radius 1 is 0.892 bits per heavy atom. The maximum Gasteiger partial charge on any atom is 0.416 e. The van der Waals surface area contributed by atoms with E-state index in [0.29, 0.717) is 12.1 Å². The molecule has 4 nitrogen and oxygen atoms in total. The van der Waals surface area contributed by atoms with E-state index in [-0.39, 0.29) is 35.8 Å². The van der Waals surface area contributed by atoms with Crippen molar-refractivity contribution in [3.8, 4) is 0 Å². The number of alkyl halides is 9. The number of carbonyl (C=O) groups is 1. The van der Waals surface area contributed by atoms with Crippen molar-refractivity contribution in [1.82, 2.24) is 5.32 Å². The van der Waals surface area contributed by atoms with E-state index in [1.54, 1.807) is 11.8 Å². The average molecular weight is 542 g/mol. The van der Waals surface area contributed by atoms with Crippen LogP contribution in [-0.2, 0) is 34.6 Å². The van der Waals surface area contributed by atoms with Crippen LogP contribution in [0.1, 0.15) is 61.1 Å². The Bertz CT molecular complexity index is 1110. The number of nitrogens with one attached hydrogen (secondary N) is 1. The highest BCUT2D eigenvalue weighted by Crippen LogP contribution is 2.44. The van der Waals surface area contributed by atoms with Crippen molar-refractivity contribution in [1.29, 1.82) is 0 Å². The standard InChI is InChI=1S/C24H23F9N2O2/c1-13-6-19(34-11-14-7-16(23(28,29)30)9-17(8-14)24(31,32)33)18-10-15(22(25,26)27)4-5-20(18)35(13)21(2,3)37-12-36/h4-5,7-10,12-13,19,34H,6,11H2,1-3H3. The fourth-order valence-corrected chi connectivity index (χ4v) is 4.59. The second kappa shape index (κ2) is 9.73. The van der Waals surface area contributed by atoms with Crippen LogP contribution in [0, 0.1) is 0 Å². The normalized spacial score (nSPS) is 19.0. The van der Waals surface area contributed by atoms with Crippen molar-refractivity contribution in [2.75, 3.05) is 4.90 Å². The minimum Gasteiger partial charge on any atom is -0.442 e. The highest BCUT2D eigenvalue weighted by atomic mass is 19.4. The zero-order valence-corrected chi connectivity index (χ0v) is 19.8. The lowest BCUT2D eigenvalue weighted by atomic mass is 9.88. The molecule has 0 fully saturated rings.